The summed E-state index contributed by atoms with van der Waals surface area (Å²) in [6.07, 6.45) is 1.61. The molecule has 0 bridgehead atoms. The maximum absolute atomic E-state index is 12.1. The standard InChI is InChI=1S/C22H17BN4O/c23-13-19(28)21-26-18-11-6-10-17(15-7-2-1-3-8-15)20(18)22(27-21)25-14-16-9-4-5-12-24-16/h1-12H,13-14H2,(H,25,26,27). The molecule has 0 fully saturated rings. The molecule has 5 nitrogen and oxygen atoms in total. The molecule has 4 rings (SSSR count). The minimum atomic E-state index is -0.298. The lowest BCUT2D eigenvalue weighted by Gasteiger charge is -2.14. The summed E-state index contributed by atoms with van der Waals surface area (Å²) in [5.74, 6) is 0.406. The highest BCUT2D eigenvalue weighted by molar-refractivity contribution is 6.23. The number of hydrogen-bond acceptors (Lipinski definition) is 5. The van der Waals surface area contributed by atoms with Gasteiger partial charge in [-0.2, -0.15) is 0 Å². The number of ketones is 1. The van der Waals surface area contributed by atoms with Crippen LogP contribution in [0, 0.1) is 0 Å². The minimum absolute atomic E-state index is 0.115. The fraction of sp³-hybridized carbons (Fsp3) is 0.0909. The third kappa shape index (κ3) is 3.62. The van der Waals surface area contributed by atoms with Crippen LogP contribution < -0.4 is 5.32 Å². The van der Waals surface area contributed by atoms with Gasteiger partial charge in [0.05, 0.1) is 31.0 Å². The summed E-state index contributed by atoms with van der Waals surface area (Å²) in [6.45, 7) is 0.479. The van der Waals surface area contributed by atoms with Crippen molar-refractivity contribution in [1.29, 1.82) is 0 Å². The third-order valence-electron chi connectivity index (χ3n) is 4.41. The summed E-state index contributed by atoms with van der Waals surface area (Å²) < 4.78 is 0. The molecule has 1 N–H and O–H groups in total. The van der Waals surface area contributed by atoms with Crippen molar-refractivity contribution in [2.24, 2.45) is 0 Å². The number of nitrogens with one attached hydrogen (secondary N) is 1. The number of nitrogens with zero attached hydrogens (tertiary/aromatic N) is 3. The zero-order chi connectivity index (χ0) is 19.3. The molecule has 6 heteroatoms. The van der Waals surface area contributed by atoms with Gasteiger partial charge in [-0.05, 0) is 35.6 Å². The summed E-state index contributed by atoms with van der Waals surface area (Å²) in [6, 6.07) is 21.6. The second-order valence-corrected chi connectivity index (χ2v) is 6.26. The molecule has 2 aromatic heterocycles. The van der Waals surface area contributed by atoms with Gasteiger partial charge in [-0.25, -0.2) is 9.97 Å². The first kappa shape index (κ1) is 17.9. The quantitative estimate of drug-likeness (QED) is 0.413. The van der Waals surface area contributed by atoms with Crippen molar-refractivity contribution in [3.8, 4) is 11.1 Å². The van der Waals surface area contributed by atoms with Gasteiger partial charge in [0.15, 0.2) is 11.6 Å². The van der Waals surface area contributed by atoms with E-state index in [-0.39, 0.29) is 17.9 Å². The summed E-state index contributed by atoms with van der Waals surface area (Å²) in [7, 11) is 5.52. The highest BCUT2D eigenvalue weighted by atomic mass is 16.1. The Morgan fingerprint density at radius 2 is 1.75 bits per heavy atom. The lowest BCUT2D eigenvalue weighted by Crippen LogP contribution is -2.10. The Morgan fingerprint density at radius 3 is 2.50 bits per heavy atom. The van der Waals surface area contributed by atoms with Crippen molar-refractivity contribution in [3.63, 3.8) is 0 Å². The number of benzene rings is 2. The van der Waals surface area contributed by atoms with Crippen molar-refractivity contribution >= 4 is 30.4 Å². The van der Waals surface area contributed by atoms with E-state index in [1.54, 1.807) is 6.20 Å². The van der Waals surface area contributed by atoms with Gasteiger partial charge < -0.3 is 5.32 Å². The Hall–Kier alpha value is -3.54. The fourth-order valence-corrected chi connectivity index (χ4v) is 3.06. The van der Waals surface area contributed by atoms with Crippen LogP contribution in [0.1, 0.15) is 16.3 Å². The molecule has 0 aliphatic rings. The van der Waals surface area contributed by atoms with Crippen LogP contribution >= 0.6 is 0 Å². The monoisotopic (exact) mass is 364 g/mol. The van der Waals surface area contributed by atoms with E-state index in [9.17, 15) is 4.79 Å². The molecule has 28 heavy (non-hydrogen) atoms. The van der Waals surface area contributed by atoms with Crippen LogP contribution in [0.15, 0.2) is 72.9 Å². The summed E-state index contributed by atoms with van der Waals surface area (Å²) in [5.41, 5.74) is 3.61. The van der Waals surface area contributed by atoms with Crippen LogP contribution in [0.3, 0.4) is 0 Å². The molecule has 0 atom stereocenters. The number of rotatable bonds is 6. The molecule has 0 amide bonds. The van der Waals surface area contributed by atoms with E-state index >= 15 is 0 Å². The largest absolute Gasteiger partial charge is 0.364 e. The third-order valence-corrected chi connectivity index (χ3v) is 4.41. The van der Waals surface area contributed by atoms with Gasteiger partial charge in [0.25, 0.3) is 0 Å². The molecule has 0 spiro atoms. The van der Waals surface area contributed by atoms with Gasteiger partial charge >= 0.3 is 0 Å². The maximum Gasteiger partial charge on any atom is 0.197 e. The smallest absolute Gasteiger partial charge is 0.197 e. The molecule has 0 saturated carbocycles. The molecule has 0 aliphatic heterocycles. The first-order valence-electron chi connectivity index (χ1n) is 8.99. The number of carbonyl (C=O) groups is 1. The Labute approximate surface area is 164 Å². The first-order valence-corrected chi connectivity index (χ1v) is 8.99. The van der Waals surface area contributed by atoms with Crippen LogP contribution in [0.25, 0.3) is 22.0 Å². The van der Waals surface area contributed by atoms with Gasteiger partial charge in [0, 0.05) is 6.20 Å². The molecule has 2 aromatic carbocycles. The van der Waals surface area contributed by atoms with E-state index in [4.69, 9.17) is 7.85 Å². The van der Waals surface area contributed by atoms with Crippen molar-refractivity contribution in [1.82, 2.24) is 15.0 Å². The fourth-order valence-electron chi connectivity index (χ4n) is 3.06. The van der Waals surface area contributed by atoms with E-state index in [1.807, 2.05) is 66.7 Å². The van der Waals surface area contributed by atoms with Crippen molar-refractivity contribution in [2.75, 3.05) is 5.32 Å². The average Bonchev–Trinajstić information content (AvgIpc) is 2.77. The topological polar surface area (TPSA) is 67.8 Å². The van der Waals surface area contributed by atoms with E-state index < -0.39 is 0 Å². The van der Waals surface area contributed by atoms with Crippen LogP contribution in [-0.4, -0.2) is 28.6 Å². The molecule has 0 aliphatic carbocycles. The average molecular weight is 364 g/mol. The molecule has 2 heterocycles. The zero-order valence-corrected chi connectivity index (χ0v) is 15.2. The molecule has 134 valence electrons. The molecular weight excluding hydrogens is 347 g/mol. The highest BCUT2D eigenvalue weighted by Crippen LogP contribution is 2.32. The lowest BCUT2D eigenvalue weighted by atomic mass is 9.99. The van der Waals surface area contributed by atoms with Gasteiger partial charge in [-0.15, -0.1) is 0 Å². The molecule has 2 radical (unpaired) electrons. The molecular formula is C22H17BN4O. The van der Waals surface area contributed by atoms with E-state index in [1.165, 1.54) is 0 Å². The van der Waals surface area contributed by atoms with Gasteiger partial charge in [-0.1, -0.05) is 48.5 Å². The Morgan fingerprint density at radius 1 is 0.929 bits per heavy atom. The Kier molecular flexibility index (Phi) is 5.10. The predicted octanol–water partition coefficient (Wildman–Crippen LogP) is 4.07. The van der Waals surface area contributed by atoms with Crippen LogP contribution in [0.5, 0.6) is 0 Å². The Balaban J connectivity index is 1.86. The number of pyridine rings is 1. The summed E-state index contributed by atoms with van der Waals surface area (Å²) >= 11 is 0. The SMILES string of the molecule is [B]CC(=O)c1nc(NCc2ccccn2)c2c(-c3ccccc3)cccc2n1. The summed E-state index contributed by atoms with van der Waals surface area (Å²) in [5, 5.41) is 4.19. The normalized spacial score (nSPS) is 10.7. The van der Waals surface area contributed by atoms with Crippen LogP contribution in [0.4, 0.5) is 5.82 Å². The highest BCUT2D eigenvalue weighted by Gasteiger charge is 2.16. The van der Waals surface area contributed by atoms with Crippen LogP contribution in [0.2, 0.25) is 6.32 Å². The molecule has 0 unspecified atom stereocenters. The number of Topliss-reactive ketones (excluding diaryl/α,β-unsaturated/α-hetero) is 1. The second kappa shape index (κ2) is 8.00. The first-order chi connectivity index (χ1) is 13.8. The number of fused-ring (bicyclic) bond motifs is 1. The summed E-state index contributed by atoms with van der Waals surface area (Å²) in [4.78, 5) is 25.4. The van der Waals surface area contributed by atoms with Gasteiger partial charge in [-0.3, -0.25) is 9.78 Å². The van der Waals surface area contributed by atoms with Crippen molar-refractivity contribution < 1.29 is 4.79 Å². The number of hydrogen-bond donors (Lipinski definition) is 1. The minimum Gasteiger partial charge on any atom is -0.364 e. The van der Waals surface area contributed by atoms with E-state index in [0.717, 1.165) is 22.2 Å². The number of anilines is 1. The van der Waals surface area contributed by atoms with Gasteiger partial charge in [0.2, 0.25) is 0 Å². The lowest BCUT2D eigenvalue weighted by molar-refractivity contribution is 0.100. The molecule has 4 aromatic rings. The van der Waals surface area contributed by atoms with Crippen molar-refractivity contribution in [3.05, 3.63) is 84.4 Å². The van der Waals surface area contributed by atoms with E-state index in [2.05, 4.69) is 20.3 Å². The van der Waals surface area contributed by atoms with E-state index in [0.29, 0.717) is 17.9 Å². The second-order valence-electron chi connectivity index (χ2n) is 6.26. The Bertz CT molecular complexity index is 1120. The van der Waals surface area contributed by atoms with Crippen molar-refractivity contribution in [2.45, 2.75) is 12.9 Å². The number of aromatic nitrogens is 3. The van der Waals surface area contributed by atoms with Gasteiger partial charge in [0.1, 0.15) is 5.82 Å². The number of carbonyl (C=O) groups excluding carboxylic acids is 1. The molecule has 0 saturated heterocycles. The van der Waals surface area contributed by atoms with Crippen LogP contribution in [-0.2, 0) is 6.54 Å². The zero-order valence-electron chi connectivity index (χ0n) is 15.2. The maximum atomic E-state index is 12.1. The predicted molar refractivity (Wildman–Crippen MR) is 111 cm³/mol.